The zero-order valence-electron chi connectivity index (χ0n) is 11.5. The Balaban J connectivity index is 2.15. The van der Waals surface area contributed by atoms with Crippen LogP contribution in [0.1, 0.15) is 16.7 Å². The number of aliphatic hydroxyl groups is 1. The summed E-state index contributed by atoms with van der Waals surface area (Å²) in [6.07, 6.45) is 3.47. The first kappa shape index (κ1) is 15.1. The van der Waals surface area contributed by atoms with Gasteiger partial charge >= 0.3 is 0 Å². The summed E-state index contributed by atoms with van der Waals surface area (Å²) in [6, 6.07) is 10.00. The Morgan fingerprint density at radius 3 is 2.81 bits per heavy atom. The minimum Gasteiger partial charge on any atom is -0.395 e. The molecule has 0 unspecified atom stereocenters. The Morgan fingerprint density at radius 1 is 1.29 bits per heavy atom. The molecule has 0 saturated heterocycles. The van der Waals surface area contributed by atoms with Crippen LogP contribution in [0.3, 0.4) is 0 Å². The number of nitriles is 1. The van der Waals surface area contributed by atoms with E-state index in [9.17, 15) is 9.50 Å². The number of benzene rings is 1. The maximum Gasteiger partial charge on any atom is 0.124 e. The van der Waals surface area contributed by atoms with Gasteiger partial charge in [0.15, 0.2) is 0 Å². The van der Waals surface area contributed by atoms with E-state index in [1.54, 1.807) is 18.5 Å². The highest BCUT2D eigenvalue weighted by Crippen LogP contribution is 2.14. The van der Waals surface area contributed by atoms with Gasteiger partial charge in [-0.2, -0.15) is 5.26 Å². The zero-order chi connectivity index (χ0) is 15.1. The molecule has 108 valence electrons. The van der Waals surface area contributed by atoms with Crippen LogP contribution in [0, 0.1) is 17.1 Å². The summed E-state index contributed by atoms with van der Waals surface area (Å²) in [5.74, 6) is -0.420. The topological polar surface area (TPSA) is 60.2 Å². The van der Waals surface area contributed by atoms with E-state index in [2.05, 4.69) is 4.98 Å². The minimum absolute atomic E-state index is 0.0172. The second kappa shape index (κ2) is 7.48. The first-order chi connectivity index (χ1) is 10.2. The fraction of sp³-hybridized carbons (Fsp3) is 0.250. The summed E-state index contributed by atoms with van der Waals surface area (Å²) in [5, 5.41) is 18.3. The molecule has 1 N–H and O–H groups in total. The van der Waals surface area contributed by atoms with Crippen LogP contribution in [0.2, 0.25) is 0 Å². The molecule has 5 heteroatoms. The molecule has 0 fully saturated rings. The number of halogens is 1. The molecule has 0 spiro atoms. The van der Waals surface area contributed by atoms with Crippen LogP contribution < -0.4 is 0 Å². The van der Waals surface area contributed by atoms with E-state index >= 15 is 0 Å². The molecule has 0 saturated carbocycles. The van der Waals surface area contributed by atoms with Crippen molar-refractivity contribution in [3.63, 3.8) is 0 Å². The molecule has 2 aromatic rings. The highest BCUT2D eigenvalue weighted by atomic mass is 19.1. The van der Waals surface area contributed by atoms with E-state index in [-0.39, 0.29) is 6.61 Å². The molecular weight excluding hydrogens is 269 g/mol. The van der Waals surface area contributed by atoms with Crippen molar-refractivity contribution in [3.05, 3.63) is 65.2 Å². The molecular formula is C16H16FN3O. The van der Waals surface area contributed by atoms with E-state index in [1.807, 2.05) is 23.1 Å². The SMILES string of the molecule is N#Cc1cc(F)ccc1CN(CCO)Cc1cccnc1. The van der Waals surface area contributed by atoms with Gasteiger partial charge in [0.25, 0.3) is 0 Å². The van der Waals surface area contributed by atoms with Crippen LogP contribution in [0.5, 0.6) is 0 Å². The molecule has 0 aliphatic carbocycles. The van der Waals surface area contributed by atoms with Crippen LogP contribution in [0.4, 0.5) is 4.39 Å². The molecule has 0 atom stereocenters. The third-order valence-corrected chi connectivity index (χ3v) is 3.13. The van der Waals surface area contributed by atoms with Gasteiger partial charge in [-0.1, -0.05) is 12.1 Å². The summed E-state index contributed by atoms with van der Waals surface area (Å²) in [6.45, 7) is 1.57. The highest BCUT2D eigenvalue weighted by Gasteiger charge is 2.10. The summed E-state index contributed by atoms with van der Waals surface area (Å²) < 4.78 is 13.2. The monoisotopic (exact) mass is 285 g/mol. The predicted octanol–water partition coefficient (Wildman–Crippen LogP) is 2.09. The quantitative estimate of drug-likeness (QED) is 0.883. The zero-order valence-corrected chi connectivity index (χ0v) is 11.5. The van der Waals surface area contributed by atoms with Gasteiger partial charge in [-0.3, -0.25) is 9.88 Å². The molecule has 1 aromatic carbocycles. The van der Waals surface area contributed by atoms with Crippen LogP contribution in [-0.4, -0.2) is 28.1 Å². The van der Waals surface area contributed by atoms with E-state index in [0.717, 1.165) is 11.1 Å². The van der Waals surface area contributed by atoms with Crippen LogP contribution in [-0.2, 0) is 13.1 Å². The Hall–Kier alpha value is -2.29. The van der Waals surface area contributed by atoms with Crippen LogP contribution >= 0.6 is 0 Å². The number of hydrogen-bond donors (Lipinski definition) is 1. The van der Waals surface area contributed by atoms with Gasteiger partial charge in [-0.15, -0.1) is 0 Å². The first-order valence-corrected chi connectivity index (χ1v) is 6.63. The molecule has 4 nitrogen and oxygen atoms in total. The number of hydrogen-bond acceptors (Lipinski definition) is 4. The molecule has 1 aromatic heterocycles. The Morgan fingerprint density at radius 2 is 2.14 bits per heavy atom. The fourth-order valence-electron chi connectivity index (χ4n) is 2.14. The lowest BCUT2D eigenvalue weighted by Crippen LogP contribution is -2.26. The lowest BCUT2D eigenvalue weighted by molar-refractivity contribution is 0.184. The van der Waals surface area contributed by atoms with Crippen molar-refractivity contribution in [1.29, 1.82) is 5.26 Å². The second-order valence-corrected chi connectivity index (χ2v) is 4.71. The van der Waals surface area contributed by atoms with Crippen LogP contribution in [0.25, 0.3) is 0 Å². The number of nitrogens with zero attached hydrogens (tertiary/aromatic N) is 3. The average molecular weight is 285 g/mol. The standard InChI is InChI=1S/C16H16FN3O/c17-16-4-3-14(15(8-16)9-18)12-20(6-7-21)11-13-2-1-5-19-10-13/h1-5,8,10,21H,6-7,11-12H2. The van der Waals surface area contributed by atoms with Gasteiger partial charge in [0.05, 0.1) is 18.2 Å². The van der Waals surface area contributed by atoms with Gasteiger partial charge < -0.3 is 5.11 Å². The Bertz CT molecular complexity index is 625. The van der Waals surface area contributed by atoms with Crippen molar-refractivity contribution >= 4 is 0 Å². The number of aliphatic hydroxyl groups excluding tert-OH is 1. The molecule has 1 heterocycles. The third kappa shape index (κ3) is 4.35. The summed E-state index contributed by atoms with van der Waals surface area (Å²) in [4.78, 5) is 6.05. The van der Waals surface area contributed by atoms with Gasteiger partial charge in [-0.05, 0) is 29.3 Å². The molecule has 21 heavy (non-hydrogen) atoms. The Labute approximate surface area is 123 Å². The number of aromatic nitrogens is 1. The fourth-order valence-corrected chi connectivity index (χ4v) is 2.14. The van der Waals surface area contributed by atoms with Gasteiger partial charge in [0, 0.05) is 32.0 Å². The Kier molecular flexibility index (Phi) is 5.38. The predicted molar refractivity (Wildman–Crippen MR) is 76.6 cm³/mol. The normalized spacial score (nSPS) is 10.6. The summed E-state index contributed by atoms with van der Waals surface area (Å²) >= 11 is 0. The van der Waals surface area contributed by atoms with Crippen molar-refractivity contribution in [3.8, 4) is 6.07 Å². The maximum absolute atomic E-state index is 13.2. The molecule has 0 bridgehead atoms. The third-order valence-electron chi connectivity index (χ3n) is 3.13. The smallest absolute Gasteiger partial charge is 0.124 e. The molecule has 0 amide bonds. The highest BCUT2D eigenvalue weighted by molar-refractivity contribution is 5.37. The largest absolute Gasteiger partial charge is 0.395 e. The van der Waals surface area contributed by atoms with Gasteiger partial charge in [-0.25, -0.2) is 4.39 Å². The van der Waals surface area contributed by atoms with Gasteiger partial charge in [0.1, 0.15) is 5.82 Å². The van der Waals surface area contributed by atoms with E-state index in [0.29, 0.717) is 25.2 Å². The molecule has 2 rings (SSSR count). The van der Waals surface area contributed by atoms with E-state index in [4.69, 9.17) is 5.26 Å². The minimum atomic E-state index is -0.420. The van der Waals surface area contributed by atoms with Crippen molar-refractivity contribution in [1.82, 2.24) is 9.88 Å². The lowest BCUT2D eigenvalue weighted by atomic mass is 10.1. The van der Waals surface area contributed by atoms with Crippen molar-refractivity contribution in [2.24, 2.45) is 0 Å². The molecule has 0 radical (unpaired) electrons. The molecule has 0 aliphatic rings. The number of pyridine rings is 1. The van der Waals surface area contributed by atoms with E-state index in [1.165, 1.54) is 12.1 Å². The van der Waals surface area contributed by atoms with Crippen molar-refractivity contribution in [2.75, 3.05) is 13.2 Å². The summed E-state index contributed by atoms with van der Waals surface area (Å²) in [7, 11) is 0. The van der Waals surface area contributed by atoms with Gasteiger partial charge in [0.2, 0.25) is 0 Å². The average Bonchev–Trinajstić information content (AvgIpc) is 2.50. The number of rotatable bonds is 6. The van der Waals surface area contributed by atoms with Crippen molar-refractivity contribution in [2.45, 2.75) is 13.1 Å². The maximum atomic E-state index is 13.2. The summed E-state index contributed by atoms with van der Waals surface area (Å²) in [5.41, 5.74) is 2.09. The second-order valence-electron chi connectivity index (χ2n) is 4.71. The molecule has 0 aliphatic heterocycles. The lowest BCUT2D eigenvalue weighted by Gasteiger charge is -2.21. The van der Waals surface area contributed by atoms with Crippen molar-refractivity contribution < 1.29 is 9.50 Å². The first-order valence-electron chi connectivity index (χ1n) is 6.63. The van der Waals surface area contributed by atoms with Crippen LogP contribution in [0.15, 0.2) is 42.7 Å². The van der Waals surface area contributed by atoms with E-state index < -0.39 is 5.82 Å².